The van der Waals surface area contributed by atoms with Gasteiger partial charge in [-0.3, -0.25) is 9.36 Å². The van der Waals surface area contributed by atoms with Crippen molar-refractivity contribution in [3.63, 3.8) is 0 Å². The van der Waals surface area contributed by atoms with E-state index in [1.807, 2.05) is 30.3 Å². The quantitative estimate of drug-likeness (QED) is 0.352. The van der Waals surface area contributed by atoms with Gasteiger partial charge in [-0.05, 0) is 54.1 Å². The molecule has 7 heteroatoms. The third-order valence-electron chi connectivity index (χ3n) is 7.15. The van der Waals surface area contributed by atoms with Crippen LogP contribution in [-0.2, 0) is 6.54 Å². The molecule has 1 N–H and O–H groups in total. The van der Waals surface area contributed by atoms with Gasteiger partial charge < -0.3 is 15.1 Å². The number of aromatic nitrogens is 3. The Balaban J connectivity index is 1.28. The smallest absolute Gasteiger partial charge is 0.252 e. The van der Waals surface area contributed by atoms with Gasteiger partial charge in [0.2, 0.25) is 5.95 Å². The van der Waals surface area contributed by atoms with Crippen LogP contribution in [0.3, 0.4) is 0 Å². The Kier molecular flexibility index (Phi) is 6.58. The van der Waals surface area contributed by atoms with Crippen molar-refractivity contribution in [2.24, 2.45) is 0 Å². The lowest BCUT2D eigenvalue weighted by atomic mass is 9.99. The molecule has 7 nitrogen and oxygen atoms in total. The van der Waals surface area contributed by atoms with E-state index < -0.39 is 0 Å². The van der Waals surface area contributed by atoms with E-state index in [4.69, 9.17) is 4.98 Å². The van der Waals surface area contributed by atoms with Gasteiger partial charge in [0.15, 0.2) is 0 Å². The van der Waals surface area contributed by atoms with Crippen molar-refractivity contribution >= 4 is 28.4 Å². The predicted molar refractivity (Wildman–Crippen MR) is 154 cm³/mol. The molecule has 5 aromatic rings. The van der Waals surface area contributed by atoms with Crippen LogP contribution in [0.4, 0.5) is 17.3 Å². The maximum atomic E-state index is 13.0. The summed E-state index contributed by atoms with van der Waals surface area (Å²) in [5.74, 6) is 0.459. The number of benzene rings is 3. The third kappa shape index (κ3) is 5.01. The summed E-state index contributed by atoms with van der Waals surface area (Å²) in [5, 5.41) is 4.13. The molecule has 190 valence electrons. The van der Waals surface area contributed by atoms with Gasteiger partial charge in [0, 0.05) is 55.2 Å². The van der Waals surface area contributed by atoms with Gasteiger partial charge in [-0.25, -0.2) is 4.98 Å². The van der Waals surface area contributed by atoms with Gasteiger partial charge in [-0.2, -0.15) is 4.98 Å². The van der Waals surface area contributed by atoms with Gasteiger partial charge in [0.05, 0.1) is 6.54 Å². The number of fused-ring (bicyclic) bond motifs is 1. The van der Waals surface area contributed by atoms with Crippen LogP contribution in [0.25, 0.3) is 22.2 Å². The van der Waals surface area contributed by atoms with Crippen LogP contribution in [-0.4, -0.2) is 52.7 Å². The number of hydrogen-bond donors (Lipinski definition) is 1. The van der Waals surface area contributed by atoms with Crippen molar-refractivity contribution < 1.29 is 0 Å². The monoisotopic (exact) mass is 502 g/mol. The summed E-state index contributed by atoms with van der Waals surface area (Å²) in [6.45, 7) is 4.62. The summed E-state index contributed by atoms with van der Waals surface area (Å²) in [6, 6.07) is 30.2. The van der Waals surface area contributed by atoms with Crippen LogP contribution in [0.2, 0.25) is 0 Å². The molecular formula is C31H30N6O. The number of anilines is 3. The molecule has 6 rings (SSSR count). The number of likely N-dealkylation sites (N-methyl/N-ethyl adjacent to an activating group) is 1. The maximum absolute atomic E-state index is 13.0. The Morgan fingerprint density at radius 3 is 2.34 bits per heavy atom. The van der Waals surface area contributed by atoms with Gasteiger partial charge in [0.1, 0.15) is 5.65 Å². The number of pyridine rings is 1. The predicted octanol–water partition coefficient (Wildman–Crippen LogP) is 5.00. The average Bonchev–Trinajstić information content (AvgIpc) is 2.96. The summed E-state index contributed by atoms with van der Waals surface area (Å²) in [7, 11) is 2.16. The van der Waals surface area contributed by atoms with E-state index >= 15 is 0 Å². The number of rotatable bonds is 6. The van der Waals surface area contributed by atoms with E-state index in [2.05, 4.69) is 75.7 Å². The Morgan fingerprint density at radius 1 is 0.816 bits per heavy atom. The molecule has 2 aromatic heterocycles. The van der Waals surface area contributed by atoms with E-state index in [9.17, 15) is 4.79 Å². The molecule has 1 aliphatic rings. The summed E-state index contributed by atoms with van der Waals surface area (Å²) < 4.78 is 1.72. The Morgan fingerprint density at radius 2 is 1.55 bits per heavy atom. The lowest BCUT2D eigenvalue weighted by Gasteiger charge is -2.34. The van der Waals surface area contributed by atoms with Crippen LogP contribution in [0.1, 0.15) is 5.56 Å². The lowest BCUT2D eigenvalue weighted by molar-refractivity contribution is 0.313. The minimum Gasteiger partial charge on any atom is -0.369 e. The van der Waals surface area contributed by atoms with Crippen LogP contribution in [0.5, 0.6) is 0 Å². The molecule has 0 spiro atoms. The summed E-state index contributed by atoms with van der Waals surface area (Å²) >= 11 is 0. The van der Waals surface area contributed by atoms with E-state index in [1.165, 1.54) is 5.69 Å². The zero-order valence-electron chi connectivity index (χ0n) is 21.4. The normalized spacial score (nSPS) is 14.1. The molecule has 0 unspecified atom stereocenters. The Bertz CT molecular complexity index is 1610. The summed E-state index contributed by atoms with van der Waals surface area (Å²) in [6.07, 6.45) is 1.77. The summed E-state index contributed by atoms with van der Waals surface area (Å²) in [4.78, 5) is 27.1. The Labute approximate surface area is 222 Å². The topological polar surface area (TPSA) is 66.3 Å². The zero-order chi connectivity index (χ0) is 25.9. The van der Waals surface area contributed by atoms with E-state index in [0.717, 1.165) is 53.9 Å². The molecule has 38 heavy (non-hydrogen) atoms. The minimum atomic E-state index is -0.0958. The second-order valence-electron chi connectivity index (χ2n) is 9.72. The maximum Gasteiger partial charge on any atom is 0.252 e. The highest BCUT2D eigenvalue weighted by molar-refractivity contribution is 5.76. The van der Waals surface area contributed by atoms with Crippen molar-refractivity contribution in [3.8, 4) is 11.1 Å². The van der Waals surface area contributed by atoms with Crippen LogP contribution >= 0.6 is 0 Å². The SMILES string of the molecule is CN1CCN(c2ccc(Nc3ncc4ccc(=O)n(Cc5ccccc5-c5ccccc5)c4n3)cc2)CC1. The van der Waals surface area contributed by atoms with Gasteiger partial charge >= 0.3 is 0 Å². The molecule has 1 fully saturated rings. The first kappa shape index (κ1) is 23.9. The number of nitrogens with one attached hydrogen (secondary N) is 1. The summed E-state index contributed by atoms with van der Waals surface area (Å²) in [5.41, 5.74) is 5.91. The van der Waals surface area contributed by atoms with Gasteiger partial charge in [-0.1, -0.05) is 54.6 Å². The minimum absolute atomic E-state index is 0.0958. The molecule has 0 bridgehead atoms. The number of piperazine rings is 1. The van der Waals surface area contributed by atoms with Gasteiger partial charge in [-0.15, -0.1) is 0 Å². The van der Waals surface area contributed by atoms with Crippen LogP contribution in [0, 0.1) is 0 Å². The standard InChI is InChI=1S/C31H30N6O/c1-35-17-19-36(20-18-35)27-14-12-26(13-15-27)33-31-32-21-24-11-16-29(38)37(30(24)34-31)22-25-9-5-6-10-28(25)23-7-3-2-4-8-23/h2-16,21H,17-20,22H2,1H3,(H,32,33,34). The first-order chi connectivity index (χ1) is 18.6. The highest BCUT2D eigenvalue weighted by Crippen LogP contribution is 2.25. The molecular weight excluding hydrogens is 472 g/mol. The van der Waals surface area contributed by atoms with E-state index in [0.29, 0.717) is 18.1 Å². The molecule has 1 saturated heterocycles. The molecule has 0 amide bonds. The lowest BCUT2D eigenvalue weighted by Crippen LogP contribution is -2.44. The van der Waals surface area contributed by atoms with E-state index in [1.54, 1.807) is 22.9 Å². The molecule has 0 radical (unpaired) electrons. The molecule has 3 aromatic carbocycles. The van der Waals surface area contributed by atoms with Crippen molar-refractivity contribution in [1.29, 1.82) is 0 Å². The average molecular weight is 503 g/mol. The van der Waals surface area contributed by atoms with Crippen LogP contribution < -0.4 is 15.8 Å². The second kappa shape index (κ2) is 10.5. The van der Waals surface area contributed by atoms with Crippen LogP contribution in [0.15, 0.2) is 102 Å². The fraction of sp³-hybridized carbons (Fsp3) is 0.194. The first-order valence-electron chi connectivity index (χ1n) is 12.9. The molecule has 3 heterocycles. The number of hydrogen-bond acceptors (Lipinski definition) is 6. The van der Waals surface area contributed by atoms with Crippen molar-refractivity contribution in [2.75, 3.05) is 43.4 Å². The van der Waals surface area contributed by atoms with E-state index in [-0.39, 0.29) is 5.56 Å². The largest absolute Gasteiger partial charge is 0.369 e. The fourth-order valence-corrected chi connectivity index (χ4v) is 4.96. The molecule has 0 atom stereocenters. The highest BCUT2D eigenvalue weighted by atomic mass is 16.1. The zero-order valence-corrected chi connectivity index (χ0v) is 21.4. The Hall–Kier alpha value is -4.49. The second-order valence-corrected chi connectivity index (χ2v) is 9.72. The fourth-order valence-electron chi connectivity index (χ4n) is 4.96. The first-order valence-corrected chi connectivity index (χ1v) is 12.9. The van der Waals surface area contributed by atoms with Crippen molar-refractivity contribution in [2.45, 2.75) is 6.54 Å². The molecule has 0 aliphatic carbocycles. The third-order valence-corrected chi connectivity index (χ3v) is 7.15. The van der Waals surface area contributed by atoms with Gasteiger partial charge in [0.25, 0.3) is 5.56 Å². The van der Waals surface area contributed by atoms with Crippen molar-refractivity contribution in [1.82, 2.24) is 19.4 Å². The number of nitrogens with zero attached hydrogens (tertiary/aromatic N) is 5. The molecule has 1 aliphatic heterocycles. The molecule has 0 saturated carbocycles. The van der Waals surface area contributed by atoms with Crippen molar-refractivity contribution in [3.05, 3.63) is 113 Å². The highest BCUT2D eigenvalue weighted by Gasteiger charge is 2.15.